The molecule has 2 amide bonds. The van der Waals surface area contributed by atoms with Crippen LogP contribution in [0.4, 0.5) is 10.2 Å². The summed E-state index contributed by atoms with van der Waals surface area (Å²) in [5.41, 5.74) is 5.16. The van der Waals surface area contributed by atoms with E-state index in [-0.39, 0.29) is 28.4 Å². The first-order valence-corrected chi connectivity index (χ1v) is 8.79. The zero-order valence-corrected chi connectivity index (χ0v) is 15.6. The molecule has 28 heavy (non-hydrogen) atoms. The van der Waals surface area contributed by atoms with Crippen LogP contribution >= 0.6 is 15.9 Å². The van der Waals surface area contributed by atoms with Gasteiger partial charge in [0.15, 0.2) is 11.6 Å². The SMILES string of the molecule is Nc1c2c(cc(=O)n1-c1ccc(Oc3cccc(Br)c3)c(F)c1)C(=O)NC2=O. The fourth-order valence-corrected chi connectivity index (χ4v) is 3.29. The summed E-state index contributed by atoms with van der Waals surface area (Å²) in [5, 5.41) is 2.07. The molecule has 2 heterocycles. The average molecular weight is 444 g/mol. The summed E-state index contributed by atoms with van der Waals surface area (Å²) in [5.74, 6) is -2.01. The van der Waals surface area contributed by atoms with Gasteiger partial charge in [0.1, 0.15) is 11.6 Å². The Morgan fingerprint density at radius 3 is 2.54 bits per heavy atom. The third-order valence-electron chi connectivity index (χ3n) is 4.15. The first-order valence-electron chi connectivity index (χ1n) is 7.99. The highest BCUT2D eigenvalue weighted by Crippen LogP contribution is 2.29. The Balaban J connectivity index is 1.76. The smallest absolute Gasteiger partial charge is 0.262 e. The normalized spacial score (nSPS) is 12.6. The monoisotopic (exact) mass is 443 g/mol. The number of amides is 2. The van der Waals surface area contributed by atoms with Gasteiger partial charge in [-0.15, -0.1) is 0 Å². The largest absolute Gasteiger partial charge is 0.454 e. The number of nitrogens with two attached hydrogens (primary N) is 1. The number of imide groups is 1. The number of aromatic nitrogens is 1. The van der Waals surface area contributed by atoms with Crippen molar-refractivity contribution < 1.29 is 18.7 Å². The van der Waals surface area contributed by atoms with E-state index in [1.54, 1.807) is 24.3 Å². The van der Waals surface area contributed by atoms with E-state index in [1.165, 1.54) is 12.1 Å². The zero-order chi connectivity index (χ0) is 20.0. The molecule has 0 aliphatic carbocycles. The molecule has 9 heteroatoms. The number of nitrogens with one attached hydrogen (secondary N) is 1. The number of carbonyl (C=O) groups is 2. The lowest BCUT2D eigenvalue weighted by Crippen LogP contribution is -2.24. The van der Waals surface area contributed by atoms with Crippen molar-refractivity contribution in [1.82, 2.24) is 9.88 Å². The molecule has 0 spiro atoms. The number of nitrogen functional groups attached to an aromatic ring is 1. The lowest BCUT2D eigenvalue weighted by atomic mass is 10.1. The summed E-state index contributed by atoms with van der Waals surface area (Å²) in [6, 6.07) is 11.7. The second kappa shape index (κ2) is 6.61. The molecule has 0 atom stereocenters. The maximum absolute atomic E-state index is 14.6. The fourth-order valence-electron chi connectivity index (χ4n) is 2.91. The predicted molar refractivity (Wildman–Crippen MR) is 102 cm³/mol. The first kappa shape index (κ1) is 17.9. The molecule has 7 nitrogen and oxygen atoms in total. The highest BCUT2D eigenvalue weighted by Gasteiger charge is 2.31. The summed E-state index contributed by atoms with van der Waals surface area (Å²) in [6.45, 7) is 0. The van der Waals surface area contributed by atoms with Crippen molar-refractivity contribution in [2.24, 2.45) is 0 Å². The second-order valence-corrected chi connectivity index (χ2v) is 6.86. The molecule has 4 rings (SSSR count). The Morgan fingerprint density at radius 1 is 1.04 bits per heavy atom. The van der Waals surface area contributed by atoms with Crippen LogP contribution in [0.5, 0.6) is 11.5 Å². The molecule has 0 unspecified atom stereocenters. The standard InChI is InChI=1S/C19H11BrFN3O4/c20-9-2-1-3-11(6-9)28-14-5-4-10(7-13(14)21)24-15(25)8-12-16(17(24)22)19(27)23-18(12)26/h1-8H,22H2,(H,23,26,27). The summed E-state index contributed by atoms with van der Waals surface area (Å²) >= 11 is 3.30. The van der Waals surface area contributed by atoms with E-state index in [0.29, 0.717) is 5.75 Å². The molecule has 0 saturated heterocycles. The van der Waals surface area contributed by atoms with Gasteiger partial charge in [0.2, 0.25) is 0 Å². The Morgan fingerprint density at radius 2 is 1.82 bits per heavy atom. The molecule has 1 aliphatic heterocycles. The Hall–Kier alpha value is -3.46. The Kier molecular flexibility index (Phi) is 4.23. The van der Waals surface area contributed by atoms with E-state index in [2.05, 4.69) is 21.2 Å². The molecule has 0 fully saturated rings. The van der Waals surface area contributed by atoms with Gasteiger partial charge in [-0.3, -0.25) is 24.3 Å². The fraction of sp³-hybridized carbons (Fsp3) is 0. The topological polar surface area (TPSA) is 103 Å². The van der Waals surface area contributed by atoms with Crippen molar-refractivity contribution in [1.29, 1.82) is 0 Å². The van der Waals surface area contributed by atoms with Crippen LogP contribution < -0.4 is 21.3 Å². The third kappa shape index (κ3) is 2.95. The summed E-state index contributed by atoms with van der Waals surface area (Å²) in [6.07, 6.45) is 0. The van der Waals surface area contributed by atoms with Crippen LogP contribution in [0, 0.1) is 5.82 Å². The maximum atomic E-state index is 14.6. The van der Waals surface area contributed by atoms with E-state index >= 15 is 0 Å². The Bertz CT molecular complexity index is 1220. The molecular weight excluding hydrogens is 433 g/mol. The van der Waals surface area contributed by atoms with Crippen molar-refractivity contribution in [3.05, 3.63) is 80.3 Å². The lowest BCUT2D eigenvalue weighted by molar-refractivity contribution is 0.0880. The second-order valence-electron chi connectivity index (χ2n) is 5.95. The highest BCUT2D eigenvalue weighted by atomic mass is 79.9. The van der Waals surface area contributed by atoms with Crippen molar-refractivity contribution in [2.45, 2.75) is 0 Å². The van der Waals surface area contributed by atoms with Gasteiger partial charge in [0, 0.05) is 16.6 Å². The molecule has 140 valence electrons. The third-order valence-corrected chi connectivity index (χ3v) is 4.64. The number of ether oxygens (including phenoxy) is 1. The van der Waals surface area contributed by atoms with Gasteiger partial charge < -0.3 is 10.5 Å². The predicted octanol–water partition coefficient (Wildman–Crippen LogP) is 3.00. The molecular formula is C19H11BrFN3O4. The van der Waals surface area contributed by atoms with Crippen LogP contribution in [-0.2, 0) is 0 Å². The van der Waals surface area contributed by atoms with Crippen LogP contribution in [0.25, 0.3) is 5.69 Å². The molecule has 2 aromatic carbocycles. The lowest BCUT2D eigenvalue weighted by Gasteiger charge is -2.13. The van der Waals surface area contributed by atoms with Gasteiger partial charge in [-0.05, 0) is 30.3 Å². The number of halogens is 2. The molecule has 1 aliphatic rings. The minimum atomic E-state index is -0.732. The first-order chi connectivity index (χ1) is 13.3. The van der Waals surface area contributed by atoms with Crippen LogP contribution in [-0.4, -0.2) is 16.4 Å². The van der Waals surface area contributed by atoms with Crippen LogP contribution in [0.2, 0.25) is 0 Å². The van der Waals surface area contributed by atoms with Crippen molar-refractivity contribution in [2.75, 3.05) is 5.73 Å². The number of carbonyl (C=O) groups excluding carboxylic acids is 2. The van der Waals surface area contributed by atoms with Crippen LogP contribution in [0.3, 0.4) is 0 Å². The van der Waals surface area contributed by atoms with Gasteiger partial charge in [-0.25, -0.2) is 4.39 Å². The van der Waals surface area contributed by atoms with E-state index in [0.717, 1.165) is 21.2 Å². The quantitative estimate of drug-likeness (QED) is 0.605. The van der Waals surface area contributed by atoms with E-state index in [4.69, 9.17) is 10.5 Å². The minimum Gasteiger partial charge on any atom is -0.454 e. The van der Waals surface area contributed by atoms with Crippen LogP contribution in [0.15, 0.2) is 57.8 Å². The molecule has 1 aromatic heterocycles. The number of hydrogen-bond acceptors (Lipinski definition) is 5. The number of hydrogen-bond donors (Lipinski definition) is 2. The number of benzene rings is 2. The molecule has 0 saturated carbocycles. The van der Waals surface area contributed by atoms with Gasteiger partial charge in [0.05, 0.1) is 16.8 Å². The summed E-state index contributed by atoms with van der Waals surface area (Å²) in [7, 11) is 0. The highest BCUT2D eigenvalue weighted by molar-refractivity contribution is 9.10. The molecule has 3 N–H and O–H groups in total. The number of pyridine rings is 1. The summed E-state index contributed by atoms with van der Waals surface area (Å²) in [4.78, 5) is 36.0. The number of nitrogens with zero attached hydrogens (tertiary/aromatic N) is 1. The van der Waals surface area contributed by atoms with Crippen molar-refractivity contribution in [3.63, 3.8) is 0 Å². The van der Waals surface area contributed by atoms with Crippen LogP contribution in [0.1, 0.15) is 20.7 Å². The van der Waals surface area contributed by atoms with E-state index in [9.17, 15) is 18.8 Å². The molecule has 3 aromatic rings. The van der Waals surface area contributed by atoms with Gasteiger partial charge in [0.25, 0.3) is 17.4 Å². The summed E-state index contributed by atoms with van der Waals surface area (Å²) < 4.78 is 21.8. The van der Waals surface area contributed by atoms with Crippen molar-refractivity contribution in [3.8, 4) is 17.2 Å². The Labute approximate surface area is 165 Å². The molecule has 0 bridgehead atoms. The zero-order valence-electron chi connectivity index (χ0n) is 14.0. The minimum absolute atomic E-state index is 0.0532. The van der Waals surface area contributed by atoms with Gasteiger partial charge in [-0.2, -0.15) is 0 Å². The average Bonchev–Trinajstić information content (AvgIpc) is 2.91. The number of anilines is 1. The maximum Gasteiger partial charge on any atom is 0.262 e. The number of rotatable bonds is 3. The van der Waals surface area contributed by atoms with Crippen molar-refractivity contribution >= 4 is 33.6 Å². The van der Waals surface area contributed by atoms with Gasteiger partial charge in [-0.1, -0.05) is 22.0 Å². The molecule has 0 radical (unpaired) electrons. The number of fused-ring (bicyclic) bond motifs is 1. The van der Waals surface area contributed by atoms with Gasteiger partial charge >= 0.3 is 0 Å². The van der Waals surface area contributed by atoms with E-state index < -0.39 is 23.2 Å². The van der Waals surface area contributed by atoms with E-state index in [1.807, 2.05) is 0 Å².